The maximum absolute atomic E-state index is 13.5. The highest BCUT2D eigenvalue weighted by Crippen LogP contribution is 2.25. The highest BCUT2D eigenvalue weighted by atomic mass is 32.2. The standard InChI is InChI=1S/C21H24FNO2S/c22-20-8-4-3-7-18(20)15-26-12-11-23-21(24)14-25-19-10-9-16-5-1-2-6-17(16)13-19/h3-4,7-10,13H,1-2,5-6,11-12,14-15H2,(H,23,24). The van der Waals surface area contributed by atoms with Gasteiger partial charge in [-0.2, -0.15) is 11.8 Å². The molecule has 5 heteroatoms. The van der Waals surface area contributed by atoms with E-state index in [-0.39, 0.29) is 18.3 Å². The summed E-state index contributed by atoms with van der Waals surface area (Å²) in [7, 11) is 0. The van der Waals surface area contributed by atoms with Gasteiger partial charge in [0.05, 0.1) is 0 Å². The van der Waals surface area contributed by atoms with E-state index in [2.05, 4.69) is 17.4 Å². The number of aryl methyl sites for hydroxylation is 2. The van der Waals surface area contributed by atoms with Gasteiger partial charge in [0.2, 0.25) is 0 Å². The topological polar surface area (TPSA) is 38.3 Å². The summed E-state index contributed by atoms with van der Waals surface area (Å²) < 4.78 is 19.1. The van der Waals surface area contributed by atoms with Crippen LogP contribution in [0.1, 0.15) is 29.5 Å². The lowest BCUT2D eigenvalue weighted by Crippen LogP contribution is -2.30. The SMILES string of the molecule is O=C(COc1ccc2c(c1)CCCC2)NCCSCc1ccccc1F. The van der Waals surface area contributed by atoms with Crippen LogP contribution >= 0.6 is 11.8 Å². The molecule has 138 valence electrons. The molecule has 0 aliphatic heterocycles. The molecule has 3 rings (SSSR count). The second kappa shape index (κ2) is 9.62. The van der Waals surface area contributed by atoms with E-state index in [1.54, 1.807) is 23.9 Å². The Labute approximate surface area is 158 Å². The van der Waals surface area contributed by atoms with Crippen molar-refractivity contribution in [2.75, 3.05) is 18.9 Å². The molecule has 1 amide bonds. The van der Waals surface area contributed by atoms with E-state index in [0.29, 0.717) is 17.9 Å². The third-order valence-electron chi connectivity index (χ3n) is 4.47. The molecule has 0 saturated heterocycles. The number of hydrogen-bond donors (Lipinski definition) is 1. The van der Waals surface area contributed by atoms with Crippen molar-refractivity contribution in [2.24, 2.45) is 0 Å². The van der Waals surface area contributed by atoms with Crippen LogP contribution in [-0.2, 0) is 23.4 Å². The summed E-state index contributed by atoms with van der Waals surface area (Å²) in [4.78, 5) is 11.9. The number of hydrogen-bond acceptors (Lipinski definition) is 3. The van der Waals surface area contributed by atoms with E-state index in [1.165, 1.54) is 30.0 Å². The second-order valence-corrected chi connectivity index (χ2v) is 7.53. The summed E-state index contributed by atoms with van der Waals surface area (Å²) in [5, 5.41) is 2.84. The Morgan fingerprint density at radius 1 is 1.12 bits per heavy atom. The van der Waals surface area contributed by atoms with Crippen LogP contribution in [0.15, 0.2) is 42.5 Å². The number of carbonyl (C=O) groups is 1. The van der Waals surface area contributed by atoms with Crippen LogP contribution < -0.4 is 10.1 Å². The third kappa shape index (κ3) is 5.49. The van der Waals surface area contributed by atoms with Crippen molar-refractivity contribution in [3.05, 3.63) is 65.0 Å². The number of amides is 1. The number of rotatable bonds is 8. The normalized spacial score (nSPS) is 13.1. The summed E-state index contributed by atoms with van der Waals surface area (Å²) in [6.45, 7) is 0.572. The summed E-state index contributed by atoms with van der Waals surface area (Å²) in [5.41, 5.74) is 3.44. The van der Waals surface area contributed by atoms with Crippen molar-refractivity contribution < 1.29 is 13.9 Å². The van der Waals surface area contributed by atoms with Gasteiger partial charge in [-0.05, 0) is 60.6 Å². The van der Waals surface area contributed by atoms with Gasteiger partial charge in [0.25, 0.3) is 5.91 Å². The third-order valence-corrected chi connectivity index (χ3v) is 5.48. The van der Waals surface area contributed by atoms with Gasteiger partial charge < -0.3 is 10.1 Å². The van der Waals surface area contributed by atoms with E-state index in [4.69, 9.17) is 4.74 Å². The van der Waals surface area contributed by atoms with Crippen LogP contribution in [0.5, 0.6) is 5.75 Å². The van der Waals surface area contributed by atoms with Crippen LogP contribution in [0, 0.1) is 5.82 Å². The number of carbonyl (C=O) groups excluding carboxylic acids is 1. The van der Waals surface area contributed by atoms with Crippen LogP contribution in [0.4, 0.5) is 4.39 Å². The lowest BCUT2D eigenvalue weighted by Gasteiger charge is -2.16. The minimum atomic E-state index is -0.178. The molecule has 0 atom stereocenters. The fourth-order valence-electron chi connectivity index (χ4n) is 3.06. The van der Waals surface area contributed by atoms with Gasteiger partial charge in [-0.3, -0.25) is 4.79 Å². The molecule has 0 bridgehead atoms. The number of ether oxygens (including phenoxy) is 1. The summed E-state index contributed by atoms with van der Waals surface area (Å²) in [5.74, 6) is 1.79. The molecule has 0 spiro atoms. The molecule has 3 nitrogen and oxygen atoms in total. The van der Waals surface area contributed by atoms with Crippen LogP contribution in [0.25, 0.3) is 0 Å². The number of nitrogens with one attached hydrogen (secondary N) is 1. The molecule has 0 fully saturated rings. The van der Waals surface area contributed by atoms with Gasteiger partial charge in [0.1, 0.15) is 11.6 Å². The Hall–Kier alpha value is -2.01. The minimum absolute atomic E-state index is 0.0246. The first-order chi connectivity index (χ1) is 12.7. The zero-order chi connectivity index (χ0) is 18.2. The summed E-state index contributed by atoms with van der Waals surface area (Å²) >= 11 is 1.60. The first-order valence-corrected chi connectivity index (χ1v) is 10.2. The Kier molecular flexibility index (Phi) is 6.95. The Morgan fingerprint density at radius 3 is 2.77 bits per heavy atom. The number of halogens is 1. The van der Waals surface area contributed by atoms with Crippen LogP contribution in [0.3, 0.4) is 0 Å². The maximum Gasteiger partial charge on any atom is 0.257 e. The number of thioether (sulfide) groups is 1. The zero-order valence-corrected chi connectivity index (χ0v) is 15.6. The second-order valence-electron chi connectivity index (χ2n) is 6.42. The van der Waals surface area contributed by atoms with Crippen molar-refractivity contribution in [3.8, 4) is 5.75 Å². The van der Waals surface area contributed by atoms with Gasteiger partial charge in [-0.1, -0.05) is 24.3 Å². The maximum atomic E-state index is 13.5. The molecule has 0 heterocycles. The molecule has 1 aliphatic carbocycles. The molecule has 2 aromatic carbocycles. The quantitative estimate of drug-likeness (QED) is 0.707. The zero-order valence-electron chi connectivity index (χ0n) is 14.8. The molecule has 2 aromatic rings. The molecular weight excluding hydrogens is 349 g/mol. The Morgan fingerprint density at radius 2 is 1.92 bits per heavy atom. The van der Waals surface area contributed by atoms with E-state index in [9.17, 15) is 9.18 Å². The molecule has 1 aliphatic rings. The van der Waals surface area contributed by atoms with Crippen molar-refractivity contribution in [3.63, 3.8) is 0 Å². The van der Waals surface area contributed by atoms with Crippen molar-refractivity contribution >= 4 is 17.7 Å². The smallest absolute Gasteiger partial charge is 0.257 e. The fourth-order valence-corrected chi connectivity index (χ4v) is 3.90. The van der Waals surface area contributed by atoms with Gasteiger partial charge >= 0.3 is 0 Å². The molecule has 26 heavy (non-hydrogen) atoms. The lowest BCUT2D eigenvalue weighted by molar-refractivity contribution is -0.122. The lowest BCUT2D eigenvalue weighted by atomic mass is 9.92. The summed E-state index contributed by atoms with van der Waals surface area (Å²) in [6, 6.07) is 12.9. The van der Waals surface area contributed by atoms with E-state index < -0.39 is 0 Å². The van der Waals surface area contributed by atoms with Gasteiger partial charge in [0.15, 0.2) is 6.61 Å². The molecule has 0 aromatic heterocycles. The van der Waals surface area contributed by atoms with Gasteiger partial charge in [0, 0.05) is 18.1 Å². The average molecular weight is 373 g/mol. The van der Waals surface area contributed by atoms with E-state index in [0.717, 1.165) is 24.3 Å². The average Bonchev–Trinajstić information content (AvgIpc) is 2.67. The van der Waals surface area contributed by atoms with Gasteiger partial charge in [-0.25, -0.2) is 4.39 Å². The number of benzene rings is 2. The van der Waals surface area contributed by atoms with Crippen molar-refractivity contribution in [2.45, 2.75) is 31.4 Å². The molecule has 0 radical (unpaired) electrons. The molecular formula is C21H24FNO2S. The molecule has 1 N–H and O–H groups in total. The predicted molar refractivity (Wildman–Crippen MR) is 104 cm³/mol. The van der Waals surface area contributed by atoms with E-state index in [1.807, 2.05) is 12.1 Å². The van der Waals surface area contributed by atoms with Crippen LogP contribution in [0.2, 0.25) is 0 Å². The number of fused-ring (bicyclic) bond motifs is 1. The first-order valence-electron chi connectivity index (χ1n) is 9.05. The van der Waals surface area contributed by atoms with Crippen molar-refractivity contribution in [1.29, 1.82) is 0 Å². The largest absolute Gasteiger partial charge is 0.484 e. The highest BCUT2D eigenvalue weighted by Gasteiger charge is 2.10. The van der Waals surface area contributed by atoms with Gasteiger partial charge in [-0.15, -0.1) is 0 Å². The van der Waals surface area contributed by atoms with E-state index >= 15 is 0 Å². The summed E-state index contributed by atoms with van der Waals surface area (Å²) in [6.07, 6.45) is 4.71. The minimum Gasteiger partial charge on any atom is -0.484 e. The monoisotopic (exact) mass is 373 g/mol. The first kappa shape index (κ1) is 18.8. The predicted octanol–water partition coefficient (Wildman–Crippen LogP) is 4.13. The Balaban J connectivity index is 1.32. The fraction of sp³-hybridized carbons (Fsp3) is 0.381. The van der Waals surface area contributed by atoms with Crippen LogP contribution in [-0.4, -0.2) is 24.8 Å². The van der Waals surface area contributed by atoms with Crippen molar-refractivity contribution in [1.82, 2.24) is 5.32 Å². The molecule has 0 saturated carbocycles. The molecule has 0 unspecified atom stereocenters. The Bertz CT molecular complexity index is 751. The highest BCUT2D eigenvalue weighted by molar-refractivity contribution is 7.98.